The van der Waals surface area contributed by atoms with Crippen molar-refractivity contribution in [1.29, 1.82) is 0 Å². The van der Waals surface area contributed by atoms with Crippen LogP contribution in [-0.2, 0) is 21.7 Å². The van der Waals surface area contributed by atoms with Gasteiger partial charge >= 0.3 is 11.9 Å². The van der Waals surface area contributed by atoms with E-state index in [1.54, 1.807) is 0 Å². The van der Waals surface area contributed by atoms with E-state index in [2.05, 4.69) is 0 Å². The zero-order valence-corrected chi connectivity index (χ0v) is 11.8. The molecule has 6 nitrogen and oxygen atoms in total. The number of carboxylic acids is 2. The minimum Gasteiger partial charge on any atom is -0.504 e. The smallest absolute Gasteiger partial charge is 0.339 e. The predicted octanol–water partition coefficient (Wildman–Crippen LogP) is 0.111. The van der Waals surface area contributed by atoms with E-state index in [0.29, 0.717) is 0 Å². The maximum Gasteiger partial charge on any atom is 0.339 e. The topological polar surface area (TPSA) is 115 Å². The number of phenols is 2. The van der Waals surface area contributed by atoms with Crippen LogP contribution in [0.25, 0.3) is 0 Å². The van der Waals surface area contributed by atoms with Gasteiger partial charge in [-0.2, -0.15) is 0 Å². The molecule has 1 radical (unpaired) electrons. The Kier molecular flexibility index (Phi) is 7.73. The van der Waals surface area contributed by atoms with Gasteiger partial charge in [0.25, 0.3) is 0 Å². The molecule has 79 valence electrons. The van der Waals surface area contributed by atoms with Gasteiger partial charge in [0.15, 0.2) is 11.5 Å². The van der Waals surface area contributed by atoms with Crippen molar-refractivity contribution in [3.8, 4) is 11.5 Å². The third-order valence-electron chi connectivity index (χ3n) is 1.61. The fourth-order valence-corrected chi connectivity index (χ4v) is 0.925. The molecule has 8 heteroatoms. The summed E-state index contributed by atoms with van der Waals surface area (Å²) in [4.78, 5) is 20.9. The van der Waals surface area contributed by atoms with E-state index in [-0.39, 0.29) is 51.3 Å². The second kappa shape index (κ2) is 6.93. The molecule has 0 spiro atoms. The number of aromatic hydroxyl groups is 2. The van der Waals surface area contributed by atoms with Crippen LogP contribution in [0.5, 0.6) is 11.5 Å². The van der Waals surface area contributed by atoms with Gasteiger partial charge in [-0.05, 0) is 12.1 Å². The maximum atomic E-state index is 10.4. The first kappa shape index (κ1) is 17.9. The minimum atomic E-state index is -1.45. The Hall–Kier alpha value is -0.526. The molecule has 0 fully saturated rings. The molecule has 0 aliphatic heterocycles. The Morgan fingerprint density at radius 3 is 1.31 bits per heavy atom. The first-order chi connectivity index (χ1) is 6.45. The van der Waals surface area contributed by atoms with Crippen LogP contribution < -0.4 is 0 Å². The second-order valence-corrected chi connectivity index (χ2v) is 2.47. The van der Waals surface area contributed by atoms with Gasteiger partial charge in [-0.1, -0.05) is 0 Å². The summed E-state index contributed by atoms with van der Waals surface area (Å²) in [7, 11) is 0. The number of rotatable bonds is 2. The molecular weight excluding hydrogens is 263 g/mol. The fraction of sp³-hybridized carbons (Fsp3) is 0. The van der Waals surface area contributed by atoms with Gasteiger partial charge in [0, 0.05) is 51.3 Å². The minimum absolute atomic E-state index is 0. The Bertz CT molecular complexity index is 380. The monoisotopic (exact) mass is 269 g/mol. The van der Waals surface area contributed by atoms with Crippen molar-refractivity contribution in [2.75, 3.05) is 0 Å². The number of aromatic carboxylic acids is 2. The molecule has 0 aromatic heterocycles. The van der Waals surface area contributed by atoms with E-state index < -0.39 is 34.6 Å². The predicted molar refractivity (Wildman–Crippen MR) is 49.4 cm³/mol. The fourth-order valence-electron chi connectivity index (χ4n) is 0.925. The van der Waals surface area contributed by atoms with Crippen LogP contribution in [0.4, 0.5) is 0 Å². The largest absolute Gasteiger partial charge is 0.504 e. The van der Waals surface area contributed by atoms with Crippen molar-refractivity contribution in [2.45, 2.75) is 0 Å². The van der Waals surface area contributed by atoms with Crippen LogP contribution >= 0.6 is 0 Å². The number of hydrogen-bond acceptors (Lipinski definition) is 4. The Morgan fingerprint density at radius 1 is 0.875 bits per heavy atom. The summed E-state index contributed by atoms with van der Waals surface area (Å²) in [5.41, 5.74) is -1.10. The summed E-state index contributed by atoms with van der Waals surface area (Å²) >= 11 is 0. The van der Waals surface area contributed by atoms with Crippen molar-refractivity contribution < 1.29 is 51.7 Å². The van der Waals surface area contributed by atoms with Crippen LogP contribution in [0, 0.1) is 0 Å². The normalized spacial score (nSPS) is 8.50. The third-order valence-corrected chi connectivity index (χ3v) is 1.61. The molecule has 0 atom stereocenters. The zero-order valence-electron chi connectivity index (χ0n) is 8.26. The summed E-state index contributed by atoms with van der Waals surface area (Å²) in [5.74, 6) is -4.79. The molecule has 0 saturated heterocycles. The van der Waals surface area contributed by atoms with Gasteiger partial charge in [-0.3, -0.25) is 0 Å². The molecule has 0 unspecified atom stereocenters. The first-order valence-electron chi connectivity index (χ1n) is 3.46. The van der Waals surface area contributed by atoms with Gasteiger partial charge in [0.05, 0.1) is 0 Å². The van der Waals surface area contributed by atoms with E-state index in [0.717, 1.165) is 12.1 Å². The Morgan fingerprint density at radius 2 is 1.12 bits per heavy atom. The van der Waals surface area contributed by atoms with Crippen molar-refractivity contribution in [3.63, 3.8) is 0 Å². The zero-order chi connectivity index (χ0) is 10.9. The summed E-state index contributed by atoms with van der Waals surface area (Å²) < 4.78 is 0. The Balaban J connectivity index is 0. The van der Waals surface area contributed by atoms with Crippen molar-refractivity contribution in [1.82, 2.24) is 0 Å². The molecule has 4 N–H and O–H groups in total. The number of hydrogen-bond donors (Lipinski definition) is 4. The standard InChI is InChI=1S/C8H6O6.Na.Ti/c9-5-3(7(11)12)1-2-4(6(5)10)8(13)14;;/h1-2,9-10H,(H,11,12)(H,13,14);;. The SMILES string of the molecule is O=C(O)c1ccc(C(=O)O)c(O)c1O.[Na].[Ti]. The van der Waals surface area contributed by atoms with Crippen molar-refractivity contribution in [3.05, 3.63) is 23.3 Å². The molecule has 0 bridgehead atoms. The third kappa shape index (κ3) is 3.50. The number of carbonyl (C=O) groups is 2. The molecular formula is C8H6NaO6Ti. The van der Waals surface area contributed by atoms with Gasteiger partial charge < -0.3 is 20.4 Å². The molecule has 0 amide bonds. The molecule has 16 heavy (non-hydrogen) atoms. The van der Waals surface area contributed by atoms with E-state index in [1.807, 2.05) is 0 Å². The summed E-state index contributed by atoms with van der Waals surface area (Å²) in [6, 6.07) is 1.81. The second-order valence-electron chi connectivity index (χ2n) is 2.47. The molecule has 1 aromatic carbocycles. The van der Waals surface area contributed by atoms with Crippen LogP contribution in [-0.4, -0.2) is 61.9 Å². The van der Waals surface area contributed by atoms with Crippen LogP contribution in [0.15, 0.2) is 12.1 Å². The maximum absolute atomic E-state index is 10.4. The molecule has 1 aromatic rings. The summed E-state index contributed by atoms with van der Waals surface area (Å²) in [5, 5.41) is 35.2. The van der Waals surface area contributed by atoms with Gasteiger partial charge in [0.1, 0.15) is 11.1 Å². The average Bonchev–Trinajstić information content (AvgIpc) is 2.08. The molecule has 0 saturated carbocycles. The molecule has 0 aliphatic carbocycles. The van der Waals surface area contributed by atoms with Crippen LogP contribution in [0.1, 0.15) is 20.7 Å². The van der Waals surface area contributed by atoms with Gasteiger partial charge in [0.2, 0.25) is 0 Å². The molecule has 1 rings (SSSR count). The Labute approximate surface area is 127 Å². The van der Waals surface area contributed by atoms with E-state index >= 15 is 0 Å². The molecule has 0 aliphatic rings. The van der Waals surface area contributed by atoms with Crippen molar-refractivity contribution in [2.24, 2.45) is 0 Å². The summed E-state index contributed by atoms with van der Waals surface area (Å²) in [6.45, 7) is 0. The number of carboxylic acid groups (broad SMARTS) is 2. The van der Waals surface area contributed by atoms with E-state index in [1.165, 1.54) is 0 Å². The quantitative estimate of drug-likeness (QED) is 0.447. The average molecular weight is 269 g/mol. The van der Waals surface area contributed by atoms with Crippen LogP contribution in [0.2, 0.25) is 0 Å². The first-order valence-corrected chi connectivity index (χ1v) is 3.46. The van der Waals surface area contributed by atoms with Gasteiger partial charge in [-0.15, -0.1) is 0 Å². The summed E-state index contributed by atoms with van der Waals surface area (Å²) in [6.07, 6.45) is 0. The van der Waals surface area contributed by atoms with E-state index in [9.17, 15) is 9.59 Å². The van der Waals surface area contributed by atoms with E-state index in [4.69, 9.17) is 20.4 Å². The number of benzene rings is 1. The van der Waals surface area contributed by atoms with Crippen molar-refractivity contribution >= 4 is 41.5 Å². The van der Waals surface area contributed by atoms with Gasteiger partial charge in [-0.25, -0.2) is 9.59 Å². The molecule has 0 heterocycles. The van der Waals surface area contributed by atoms with Crippen LogP contribution in [0.3, 0.4) is 0 Å².